The third-order valence-corrected chi connectivity index (χ3v) is 4.33. The summed E-state index contributed by atoms with van der Waals surface area (Å²) in [5.41, 5.74) is 5.07. The summed E-state index contributed by atoms with van der Waals surface area (Å²) in [6.07, 6.45) is 2.56. The van der Waals surface area contributed by atoms with Gasteiger partial charge in [-0.1, -0.05) is 30.3 Å². The number of hydrazine groups is 1. The van der Waals surface area contributed by atoms with Gasteiger partial charge in [0.1, 0.15) is 0 Å². The first-order valence-electron chi connectivity index (χ1n) is 7.97. The van der Waals surface area contributed by atoms with Crippen LogP contribution in [0.2, 0.25) is 0 Å². The zero-order valence-electron chi connectivity index (χ0n) is 13.3. The molecule has 6 nitrogen and oxygen atoms in total. The van der Waals surface area contributed by atoms with Crippen molar-refractivity contribution < 1.29 is 14.4 Å². The summed E-state index contributed by atoms with van der Waals surface area (Å²) in [6.45, 7) is 0. The van der Waals surface area contributed by atoms with Gasteiger partial charge >= 0.3 is 0 Å². The molecular weight excluding hydrogens is 318 g/mol. The van der Waals surface area contributed by atoms with E-state index in [0.29, 0.717) is 17.5 Å². The lowest BCUT2D eigenvalue weighted by Crippen LogP contribution is -2.45. The molecule has 0 saturated carbocycles. The Morgan fingerprint density at radius 1 is 0.960 bits per heavy atom. The average molecular weight is 333 g/mol. The number of nitrogens with zero attached hydrogens (tertiary/aromatic N) is 1. The van der Waals surface area contributed by atoms with E-state index in [1.165, 1.54) is 0 Å². The Morgan fingerprint density at radius 2 is 1.60 bits per heavy atom. The number of hydrogen-bond donors (Lipinski definition) is 2. The molecule has 6 heteroatoms. The van der Waals surface area contributed by atoms with Gasteiger partial charge in [-0.25, -0.2) is 0 Å². The molecule has 1 aromatic heterocycles. The minimum absolute atomic E-state index is 0.176. The number of hydrogen-bond acceptors (Lipinski definition) is 3. The first kappa shape index (κ1) is 15.1. The Kier molecular flexibility index (Phi) is 3.57. The maximum Gasteiger partial charge on any atom is 0.280 e. The fraction of sp³-hybridized carbons (Fsp3) is 0.105. The SMILES string of the molecule is O=C(CCc1c[nH]c2ccccc12)NN1C(=O)c2ccccc2C1=O. The van der Waals surface area contributed by atoms with Crippen molar-refractivity contribution >= 4 is 28.6 Å². The van der Waals surface area contributed by atoms with Crippen molar-refractivity contribution in [2.45, 2.75) is 12.8 Å². The third-order valence-electron chi connectivity index (χ3n) is 4.33. The molecule has 2 heterocycles. The minimum Gasteiger partial charge on any atom is -0.361 e. The number of carbonyl (C=O) groups is 3. The largest absolute Gasteiger partial charge is 0.361 e. The number of fused-ring (bicyclic) bond motifs is 2. The quantitative estimate of drug-likeness (QED) is 0.719. The van der Waals surface area contributed by atoms with Crippen LogP contribution >= 0.6 is 0 Å². The van der Waals surface area contributed by atoms with Crippen LogP contribution in [0.4, 0.5) is 0 Å². The molecule has 3 aromatic rings. The predicted octanol–water partition coefficient (Wildman–Crippen LogP) is 2.43. The number of aromatic amines is 1. The zero-order chi connectivity index (χ0) is 17.4. The number of aryl methyl sites for hydroxylation is 1. The van der Waals surface area contributed by atoms with Gasteiger partial charge in [0.2, 0.25) is 5.91 Å². The van der Waals surface area contributed by atoms with Crippen molar-refractivity contribution in [2.24, 2.45) is 0 Å². The van der Waals surface area contributed by atoms with Crippen molar-refractivity contribution in [1.82, 2.24) is 15.4 Å². The second-order valence-corrected chi connectivity index (χ2v) is 5.89. The highest BCUT2D eigenvalue weighted by atomic mass is 16.2. The van der Waals surface area contributed by atoms with Crippen molar-refractivity contribution in [3.8, 4) is 0 Å². The van der Waals surface area contributed by atoms with Gasteiger partial charge in [-0.3, -0.25) is 19.8 Å². The number of rotatable bonds is 4. The van der Waals surface area contributed by atoms with Gasteiger partial charge in [0, 0.05) is 23.5 Å². The first-order chi connectivity index (χ1) is 12.1. The van der Waals surface area contributed by atoms with Crippen LogP contribution in [0.3, 0.4) is 0 Å². The molecular formula is C19H15N3O3. The average Bonchev–Trinajstić information content (AvgIpc) is 3.15. The van der Waals surface area contributed by atoms with Crippen LogP contribution in [-0.2, 0) is 11.2 Å². The number of carbonyl (C=O) groups excluding carboxylic acids is 3. The zero-order valence-corrected chi connectivity index (χ0v) is 13.3. The summed E-state index contributed by atoms with van der Waals surface area (Å²) in [4.78, 5) is 39.8. The standard InChI is InChI=1S/C19H15N3O3/c23-17(10-9-12-11-20-16-8-4-3-5-13(12)16)21-22-18(24)14-6-1-2-7-15(14)19(22)25/h1-8,11,20H,9-10H2,(H,21,23). The van der Waals surface area contributed by atoms with Gasteiger partial charge in [-0.15, -0.1) is 0 Å². The fourth-order valence-corrected chi connectivity index (χ4v) is 3.06. The molecule has 124 valence electrons. The summed E-state index contributed by atoms with van der Waals surface area (Å²) in [7, 11) is 0. The Hall–Kier alpha value is -3.41. The van der Waals surface area contributed by atoms with Gasteiger partial charge < -0.3 is 4.98 Å². The Bertz CT molecular complexity index is 971. The van der Waals surface area contributed by atoms with Crippen LogP contribution < -0.4 is 5.43 Å². The van der Waals surface area contributed by atoms with Gasteiger partial charge in [0.05, 0.1) is 11.1 Å². The molecule has 0 saturated heterocycles. The molecule has 1 aliphatic heterocycles. The number of imide groups is 1. The number of amides is 3. The lowest BCUT2D eigenvalue weighted by Gasteiger charge is -2.14. The van der Waals surface area contributed by atoms with E-state index in [9.17, 15) is 14.4 Å². The molecule has 0 radical (unpaired) electrons. The fourth-order valence-electron chi connectivity index (χ4n) is 3.06. The van der Waals surface area contributed by atoms with E-state index in [1.54, 1.807) is 24.3 Å². The van der Waals surface area contributed by atoms with E-state index in [4.69, 9.17) is 0 Å². The van der Waals surface area contributed by atoms with Crippen molar-refractivity contribution in [2.75, 3.05) is 0 Å². The maximum absolute atomic E-state index is 12.2. The summed E-state index contributed by atoms with van der Waals surface area (Å²) < 4.78 is 0. The molecule has 0 bridgehead atoms. The van der Waals surface area contributed by atoms with Crippen molar-refractivity contribution in [3.63, 3.8) is 0 Å². The van der Waals surface area contributed by atoms with E-state index < -0.39 is 11.8 Å². The monoisotopic (exact) mass is 333 g/mol. The second-order valence-electron chi connectivity index (χ2n) is 5.89. The molecule has 2 N–H and O–H groups in total. The first-order valence-corrected chi connectivity index (χ1v) is 7.97. The van der Waals surface area contributed by atoms with Crippen molar-refractivity contribution in [3.05, 3.63) is 71.4 Å². The van der Waals surface area contributed by atoms with Crippen LogP contribution in [0.25, 0.3) is 10.9 Å². The van der Waals surface area contributed by atoms with Gasteiger partial charge in [0.25, 0.3) is 11.8 Å². The highest BCUT2D eigenvalue weighted by Gasteiger charge is 2.36. The number of aromatic nitrogens is 1. The third kappa shape index (κ3) is 2.57. The molecule has 1 aliphatic rings. The number of nitrogens with one attached hydrogen (secondary N) is 2. The highest BCUT2D eigenvalue weighted by Crippen LogP contribution is 2.21. The van der Waals surface area contributed by atoms with E-state index in [0.717, 1.165) is 21.5 Å². The lowest BCUT2D eigenvalue weighted by molar-refractivity contribution is -0.124. The Balaban J connectivity index is 1.43. The van der Waals surface area contributed by atoms with Crippen LogP contribution in [0.5, 0.6) is 0 Å². The van der Waals surface area contributed by atoms with E-state index in [2.05, 4.69) is 10.4 Å². The number of para-hydroxylation sites is 1. The van der Waals surface area contributed by atoms with E-state index >= 15 is 0 Å². The number of benzene rings is 2. The maximum atomic E-state index is 12.2. The Labute approximate surface area is 143 Å². The normalized spacial score (nSPS) is 13.4. The predicted molar refractivity (Wildman–Crippen MR) is 91.7 cm³/mol. The highest BCUT2D eigenvalue weighted by molar-refractivity contribution is 6.21. The molecule has 0 unspecified atom stereocenters. The van der Waals surface area contributed by atoms with E-state index in [1.807, 2.05) is 30.5 Å². The molecule has 0 spiro atoms. The van der Waals surface area contributed by atoms with E-state index in [-0.39, 0.29) is 12.3 Å². The lowest BCUT2D eigenvalue weighted by atomic mass is 10.1. The smallest absolute Gasteiger partial charge is 0.280 e. The molecule has 3 amide bonds. The minimum atomic E-state index is -0.499. The number of H-pyrrole nitrogens is 1. The molecule has 0 atom stereocenters. The molecule has 4 rings (SSSR count). The molecule has 0 aliphatic carbocycles. The summed E-state index contributed by atoms with van der Waals surface area (Å²) >= 11 is 0. The van der Waals surface area contributed by atoms with Gasteiger partial charge in [0.15, 0.2) is 0 Å². The van der Waals surface area contributed by atoms with Crippen LogP contribution in [0, 0.1) is 0 Å². The molecule has 25 heavy (non-hydrogen) atoms. The second kappa shape index (κ2) is 5.90. The van der Waals surface area contributed by atoms with Crippen LogP contribution in [0.15, 0.2) is 54.7 Å². The summed E-state index contributed by atoms with van der Waals surface area (Å²) in [6, 6.07) is 14.4. The van der Waals surface area contributed by atoms with Crippen molar-refractivity contribution in [1.29, 1.82) is 0 Å². The van der Waals surface area contributed by atoms with Gasteiger partial charge in [-0.2, -0.15) is 5.01 Å². The van der Waals surface area contributed by atoms with Crippen LogP contribution in [-0.4, -0.2) is 27.7 Å². The molecule has 0 fully saturated rings. The topological polar surface area (TPSA) is 82.3 Å². The Morgan fingerprint density at radius 3 is 2.32 bits per heavy atom. The van der Waals surface area contributed by atoms with Gasteiger partial charge in [-0.05, 0) is 30.2 Å². The summed E-state index contributed by atoms with van der Waals surface area (Å²) in [5, 5.41) is 1.86. The molecule has 2 aromatic carbocycles. The van der Waals surface area contributed by atoms with Crippen LogP contribution in [0.1, 0.15) is 32.7 Å². The summed E-state index contributed by atoms with van der Waals surface area (Å²) in [5.74, 6) is -1.37.